The van der Waals surface area contributed by atoms with Crippen LogP contribution >= 0.6 is 18.7 Å². The molecule has 3 aromatic carbocycles. The van der Waals surface area contributed by atoms with Crippen molar-refractivity contribution in [1.82, 2.24) is 25.1 Å². The number of fused-ring (bicyclic) bond motifs is 1. The van der Waals surface area contributed by atoms with Gasteiger partial charge in [0, 0.05) is 93.0 Å². The van der Waals surface area contributed by atoms with Crippen LogP contribution in [0.5, 0.6) is 5.75 Å². The number of carbonyl (C=O) groups is 4. The van der Waals surface area contributed by atoms with Gasteiger partial charge in [0.15, 0.2) is 0 Å². The number of aromatic nitrogens is 2. The molecule has 4 heterocycles. The number of carbonyl (C=O) groups excluding carboxylic acids is 4. The minimum atomic E-state index is -2.49. The van der Waals surface area contributed by atoms with Gasteiger partial charge in [-0.15, -0.1) is 0 Å². The second kappa shape index (κ2) is 20.4. The smallest absolute Gasteiger partial charge is 0.255 e. The first kappa shape index (κ1) is 44.9. The number of amides is 4. The topological polar surface area (TPSA) is 161 Å². The molecule has 0 saturated carbocycles. The molecule has 14 nitrogen and oxygen atoms in total. The maximum atomic E-state index is 13.1. The number of imide groups is 1. The van der Waals surface area contributed by atoms with Gasteiger partial charge in [0.05, 0.1) is 44.1 Å². The van der Waals surface area contributed by atoms with Crippen LogP contribution in [0.4, 0.5) is 5.69 Å². The van der Waals surface area contributed by atoms with E-state index >= 15 is 0 Å². The summed E-state index contributed by atoms with van der Waals surface area (Å²) in [4.78, 5) is 65.1. The Hall–Kier alpha value is -5.14. The van der Waals surface area contributed by atoms with Crippen LogP contribution in [0.2, 0.25) is 5.02 Å². The van der Waals surface area contributed by atoms with E-state index < -0.39 is 19.1 Å². The van der Waals surface area contributed by atoms with E-state index in [9.17, 15) is 23.7 Å². The van der Waals surface area contributed by atoms with Crippen LogP contribution in [0, 0.1) is 0 Å². The number of methoxy groups -OCH3 is 1. The third-order valence-corrected chi connectivity index (χ3v) is 13.6. The van der Waals surface area contributed by atoms with E-state index in [4.69, 9.17) is 30.8 Å². The fourth-order valence-electron chi connectivity index (χ4n) is 8.37. The van der Waals surface area contributed by atoms with Crippen LogP contribution in [0.1, 0.15) is 69.8 Å². The average molecular weight is 885 g/mol. The molecule has 62 heavy (non-hydrogen) atoms. The number of nitrogens with zero attached hydrogens (tertiary/aromatic N) is 5. The summed E-state index contributed by atoms with van der Waals surface area (Å²) in [7, 11) is -0.839. The number of piperazine rings is 1. The second-order valence-corrected chi connectivity index (χ2v) is 19.8. The van der Waals surface area contributed by atoms with E-state index in [-0.39, 0.29) is 24.1 Å². The van der Waals surface area contributed by atoms with Crippen LogP contribution in [-0.4, -0.2) is 122 Å². The van der Waals surface area contributed by atoms with Crippen molar-refractivity contribution < 1.29 is 38.0 Å². The summed E-state index contributed by atoms with van der Waals surface area (Å²) in [6, 6.07) is 18.9. The lowest BCUT2D eigenvalue weighted by molar-refractivity contribution is -0.137. The number of hydrogen-bond acceptors (Lipinski definition) is 11. The molecule has 328 valence electrons. The molecule has 2 fully saturated rings. The lowest BCUT2D eigenvalue weighted by Gasteiger charge is -2.36. The van der Waals surface area contributed by atoms with Crippen LogP contribution in [0.25, 0.3) is 0 Å². The molecule has 1 atom stereocenters. The zero-order valence-corrected chi connectivity index (χ0v) is 37.2. The van der Waals surface area contributed by atoms with Gasteiger partial charge < -0.3 is 33.5 Å². The minimum Gasteiger partial charge on any atom is -0.496 e. The molecule has 0 radical (unpaired) electrons. The van der Waals surface area contributed by atoms with Crippen molar-refractivity contribution in [2.24, 2.45) is 0 Å². The molecule has 4 amide bonds. The predicted octanol–water partition coefficient (Wildman–Crippen LogP) is 5.03. The number of anilines is 1. The zero-order valence-electron chi connectivity index (χ0n) is 35.6. The normalized spacial score (nSPS) is 16.7. The summed E-state index contributed by atoms with van der Waals surface area (Å²) in [5, 5.41) is 3.64. The number of piperidine rings is 1. The van der Waals surface area contributed by atoms with E-state index in [1.807, 2.05) is 53.4 Å². The number of benzene rings is 3. The van der Waals surface area contributed by atoms with Crippen LogP contribution in [0.3, 0.4) is 0 Å². The molecule has 16 heteroatoms. The van der Waals surface area contributed by atoms with Crippen molar-refractivity contribution in [3.8, 4) is 5.75 Å². The van der Waals surface area contributed by atoms with Gasteiger partial charge in [-0.1, -0.05) is 54.1 Å². The van der Waals surface area contributed by atoms with Gasteiger partial charge in [0.1, 0.15) is 24.8 Å². The second-order valence-electron chi connectivity index (χ2n) is 16.2. The highest BCUT2D eigenvalue weighted by atomic mass is 35.5. The SMILES string of the molecule is COc1cc(N2CCN(C(=O)CCOCCOCCCc3cccc4c3CN(C3CCC(=O)NC3=O)C4=O)CC2)ccc1Cc1ncc(Cl)c(Cc2ccccc2P(C)(C)=O)n1. The van der Waals surface area contributed by atoms with Gasteiger partial charge in [0.25, 0.3) is 5.91 Å². The fraction of sp³-hybridized carbons (Fsp3) is 0.435. The molecule has 1 aromatic heterocycles. The van der Waals surface area contributed by atoms with Crippen molar-refractivity contribution in [1.29, 1.82) is 0 Å². The van der Waals surface area contributed by atoms with Crippen LogP contribution < -0.4 is 20.3 Å². The highest BCUT2D eigenvalue weighted by Gasteiger charge is 2.39. The summed E-state index contributed by atoms with van der Waals surface area (Å²) in [6.07, 6.45) is 4.87. The molecule has 0 spiro atoms. The fourth-order valence-corrected chi connectivity index (χ4v) is 9.82. The van der Waals surface area contributed by atoms with E-state index in [0.29, 0.717) is 107 Å². The van der Waals surface area contributed by atoms with Gasteiger partial charge in [-0.3, -0.25) is 24.5 Å². The molecule has 3 aliphatic heterocycles. The van der Waals surface area contributed by atoms with E-state index in [1.54, 1.807) is 37.6 Å². The van der Waals surface area contributed by atoms with Gasteiger partial charge in [-0.2, -0.15) is 0 Å². The summed E-state index contributed by atoms with van der Waals surface area (Å²) in [5.74, 6) is 0.511. The maximum Gasteiger partial charge on any atom is 0.255 e. The summed E-state index contributed by atoms with van der Waals surface area (Å²) >= 11 is 6.54. The standard InChI is InChI=1S/C46H54ClN6O8P/c1-59-40-28-34(14-13-32(40)27-42-48-29-37(47)38(49-42)26-33-8-4-5-12-41(33)62(2,3)58)51-18-20-52(21-19-51)44(55)17-23-61-25-24-60-22-7-10-31-9-6-11-35-36(31)30-53(46(35)57)39-15-16-43(54)50-45(39)56/h4-6,8-9,11-14,28-29,39H,7,10,15-27,30H2,1-3H3,(H,50,54,56). The Bertz CT molecular complexity index is 2350. The van der Waals surface area contributed by atoms with Crippen LogP contribution in [0.15, 0.2) is 66.9 Å². The van der Waals surface area contributed by atoms with Gasteiger partial charge in [-0.25, -0.2) is 9.97 Å². The molecule has 7 rings (SSSR count). The first-order chi connectivity index (χ1) is 29.9. The third kappa shape index (κ3) is 10.9. The first-order valence-corrected chi connectivity index (χ1v) is 24.1. The van der Waals surface area contributed by atoms with Gasteiger partial charge >= 0.3 is 0 Å². The minimum absolute atomic E-state index is 0.0627. The molecule has 3 aliphatic rings. The van der Waals surface area contributed by atoms with Crippen molar-refractivity contribution in [3.63, 3.8) is 0 Å². The predicted molar refractivity (Wildman–Crippen MR) is 237 cm³/mol. The Kier molecular flexibility index (Phi) is 14.7. The Labute approximate surface area is 367 Å². The summed E-state index contributed by atoms with van der Waals surface area (Å²) in [5.41, 5.74) is 6.17. The van der Waals surface area contributed by atoms with E-state index in [2.05, 4.69) is 21.3 Å². The summed E-state index contributed by atoms with van der Waals surface area (Å²) in [6.45, 7) is 8.13. The van der Waals surface area contributed by atoms with Gasteiger partial charge in [-0.05, 0) is 61.4 Å². The Morgan fingerprint density at radius 3 is 2.42 bits per heavy atom. The number of aryl methyl sites for hydroxylation is 1. The number of rotatable bonds is 18. The molecule has 0 aliphatic carbocycles. The summed E-state index contributed by atoms with van der Waals surface area (Å²) < 4.78 is 30.3. The molecule has 1 N–H and O–H groups in total. The highest BCUT2D eigenvalue weighted by Crippen LogP contribution is 2.37. The maximum absolute atomic E-state index is 13.1. The number of ether oxygens (including phenoxy) is 3. The third-order valence-electron chi connectivity index (χ3n) is 11.7. The average Bonchev–Trinajstić information content (AvgIpc) is 3.60. The van der Waals surface area contributed by atoms with Crippen molar-refractivity contribution >= 4 is 53.4 Å². The van der Waals surface area contributed by atoms with Gasteiger partial charge in [0.2, 0.25) is 17.7 Å². The quantitative estimate of drug-likeness (QED) is 0.0811. The number of halogens is 1. The molecule has 4 aromatic rings. The first-order valence-electron chi connectivity index (χ1n) is 21.1. The van der Waals surface area contributed by atoms with Crippen molar-refractivity contribution in [2.75, 3.05) is 77.9 Å². The molecule has 0 bridgehead atoms. The number of nitrogens with one attached hydrogen (secondary N) is 1. The zero-order chi connectivity index (χ0) is 43.8. The molecular weight excluding hydrogens is 831 g/mol. The number of hydrogen-bond donors (Lipinski definition) is 1. The Balaban J connectivity index is 0.797. The molecule has 1 unspecified atom stereocenters. The van der Waals surface area contributed by atoms with E-state index in [0.717, 1.165) is 51.8 Å². The lowest BCUT2D eigenvalue weighted by Crippen LogP contribution is -2.52. The Morgan fingerprint density at radius 1 is 0.903 bits per heavy atom. The van der Waals surface area contributed by atoms with E-state index in [1.165, 1.54) is 0 Å². The van der Waals surface area contributed by atoms with Crippen molar-refractivity contribution in [3.05, 3.63) is 111 Å². The largest absolute Gasteiger partial charge is 0.496 e. The van der Waals surface area contributed by atoms with Crippen molar-refractivity contribution in [2.45, 2.75) is 57.5 Å². The highest BCUT2D eigenvalue weighted by molar-refractivity contribution is 7.70. The lowest BCUT2D eigenvalue weighted by atomic mass is 10.00. The monoisotopic (exact) mass is 884 g/mol. The Morgan fingerprint density at radius 2 is 1.66 bits per heavy atom. The van der Waals surface area contributed by atoms with Crippen LogP contribution in [-0.2, 0) is 54.2 Å². The molecule has 2 saturated heterocycles. The molecular formula is C46H54ClN6O8P.